The molecule has 1 unspecified atom stereocenters. The highest BCUT2D eigenvalue weighted by molar-refractivity contribution is 5.89. The van der Waals surface area contributed by atoms with E-state index in [-0.39, 0.29) is 25.6 Å². The molecule has 0 saturated heterocycles. The van der Waals surface area contributed by atoms with Gasteiger partial charge in [-0.15, -0.1) is 0 Å². The molecular weight excluding hydrogens is 424 g/mol. The smallest absolute Gasteiger partial charge is 0.407 e. The van der Waals surface area contributed by atoms with Gasteiger partial charge in [-0.3, -0.25) is 4.79 Å². The first-order chi connectivity index (χ1) is 15.7. The Morgan fingerprint density at radius 1 is 1.06 bits per heavy atom. The summed E-state index contributed by atoms with van der Waals surface area (Å²) >= 11 is 0. The quantitative estimate of drug-likeness (QED) is 0.603. The Labute approximate surface area is 193 Å². The van der Waals surface area contributed by atoms with Crippen LogP contribution in [0.5, 0.6) is 0 Å². The zero-order chi connectivity index (χ0) is 24.2. The number of rotatable bonds is 9. The number of nitrogens with zero attached hydrogens (tertiary/aromatic N) is 1. The van der Waals surface area contributed by atoms with Crippen LogP contribution in [0.2, 0.25) is 0 Å². The number of hydrogen-bond acceptors (Lipinski definition) is 5. The van der Waals surface area contributed by atoms with Crippen molar-refractivity contribution < 1.29 is 29.0 Å². The van der Waals surface area contributed by atoms with E-state index >= 15 is 0 Å². The fourth-order valence-electron chi connectivity index (χ4n) is 4.21. The lowest BCUT2D eigenvalue weighted by atomic mass is 9.98. The molecule has 0 radical (unpaired) electrons. The molecule has 0 aliphatic heterocycles. The van der Waals surface area contributed by atoms with Crippen molar-refractivity contribution in [1.82, 2.24) is 10.2 Å². The Hall–Kier alpha value is -3.39. The number of carbonyl (C=O) groups is 3. The van der Waals surface area contributed by atoms with E-state index in [0.717, 1.165) is 22.3 Å². The molecule has 0 saturated carbocycles. The number of methoxy groups -OCH3 is 1. The number of ether oxygens (including phenoxy) is 2. The minimum absolute atomic E-state index is 0.0741. The second kappa shape index (κ2) is 10.0. The lowest BCUT2D eigenvalue weighted by Gasteiger charge is -2.36. The van der Waals surface area contributed by atoms with Gasteiger partial charge in [0.2, 0.25) is 0 Å². The maximum absolute atomic E-state index is 12.9. The number of alkyl carbamates (subject to hydrolysis) is 1. The van der Waals surface area contributed by atoms with Crippen LogP contribution in [-0.4, -0.2) is 66.4 Å². The van der Waals surface area contributed by atoms with E-state index in [1.54, 1.807) is 6.92 Å². The van der Waals surface area contributed by atoms with Crippen LogP contribution in [0.4, 0.5) is 4.79 Å². The first-order valence-corrected chi connectivity index (χ1v) is 10.9. The van der Waals surface area contributed by atoms with Gasteiger partial charge in [0.15, 0.2) is 6.10 Å². The zero-order valence-corrected chi connectivity index (χ0v) is 19.3. The van der Waals surface area contributed by atoms with Crippen molar-refractivity contribution in [1.29, 1.82) is 0 Å². The molecule has 8 nitrogen and oxygen atoms in total. The molecule has 33 heavy (non-hydrogen) atoms. The zero-order valence-electron chi connectivity index (χ0n) is 19.3. The number of benzene rings is 2. The number of aliphatic carboxylic acids is 1. The predicted molar refractivity (Wildman–Crippen MR) is 123 cm³/mol. The van der Waals surface area contributed by atoms with Crippen LogP contribution in [0, 0.1) is 0 Å². The standard InChI is InChI=1S/C25H30N2O6/c1-5-27(25(2,3)23(29)30)22(28)21(32-4)14-26-24(31)33-15-20-18-12-8-6-10-16(18)17-11-7-9-13-19(17)20/h6-13,20-21H,5,14-15H2,1-4H3,(H,26,31)(H,29,30). The number of carbonyl (C=O) groups excluding carboxylic acids is 2. The summed E-state index contributed by atoms with van der Waals surface area (Å²) in [5, 5.41) is 12.0. The molecule has 3 rings (SSSR count). The van der Waals surface area contributed by atoms with E-state index in [0.29, 0.717) is 0 Å². The third kappa shape index (κ3) is 4.85. The second-order valence-electron chi connectivity index (χ2n) is 8.38. The summed E-state index contributed by atoms with van der Waals surface area (Å²) in [7, 11) is 1.34. The van der Waals surface area contributed by atoms with Gasteiger partial charge in [0.05, 0.1) is 6.54 Å². The molecule has 8 heteroatoms. The molecule has 0 bridgehead atoms. The van der Waals surface area contributed by atoms with E-state index < -0.39 is 29.6 Å². The molecule has 0 spiro atoms. The Morgan fingerprint density at radius 3 is 2.09 bits per heavy atom. The van der Waals surface area contributed by atoms with Crippen molar-refractivity contribution in [2.24, 2.45) is 0 Å². The van der Waals surface area contributed by atoms with Gasteiger partial charge in [0, 0.05) is 19.6 Å². The van der Waals surface area contributed by atoms with Crippen LogP contribution >= 0.6 is 0 Å². The average molecular weight is 455 g/mol. The molecule has 1 aliphatic rings. The number of carboxylic acid groups (broad SMARTS) is 1. The van der Waals surface area contributed by atoms with Crippen molar-refractivity contribution in [2.45, 2.75) is 38.3 Å². The molecule has 1 aliphatic carbocycles. The minimum Gasteiger partial charge on any atom is -0.480 e. The van der Waals surface area contributed by atoms with E-state index in [2.05, 4.69) is 17.4 Å². The predicted octanol–water partition coefficient (Wildman–Crippen LogP) is 3.25. The van der Waals surface area contributed by atoms with E-state index in [1.165, 1.54) is 25.9 Å². The number of hydrogen-bond donors (Lipinski definition) is 2. The normalized spacial score (nSPS) is 13.6. The fourth-order valence-corrected chi connectivity index (χ4v) is 4.21. The number of carboxylic acids is 1. The highest BCUT2D eigenvalue weighted by Crippen LogP contribution is 2.44. The van der Waals surface area contributed by atoms with Crippen LogP contribution in [0.1, 0.15) is 37.8 Å². The van der Waals surface area contributed by atoms with Crippen molar-refractivity contribution >= 4 is 18.0 Å². The molecule has 2 aromatic rings. The molecule has 0 heterocycles. The molecule has 2 N–H and O–H groups in total. The van der Waals surface area contributed by atoms with Crippen molar-refractivity contribution in [2.75, 3.05) is 26.8 Å². The van der Waals surface area contributed by atoms with Gasteiger partial charge in [-0.2, -0.15) is 0 Å². The van der Waals surface area contributed by atoms with E-state index in [4.69, 9.17) is 9.47 Å². The van der Waals surface area contributed by atoms with Gasteiger partial charge < -0.3 is 24.8 Å². The Bertz CT molecular complexity index is 990. The van der Waals surface area contributed by atoms with Gasteiger partial charge in [-0.25, -0.2) is 9.59 Å². The second-order valence-corrected chi connectivity index (χ2v) is 8.38. The molecular formula is C25H30N2O6. The summed E-state index contributed by atoms with van der Waals surface area (Å²) in [6.07, 6.45) is -1.71. The Morgan fingerprint density at radius 2 is 1.61 bits per heavy atom. The Balaban J connectivity index is 1.61. The fraction of sp³-hybridized carbons (Fsp3) is 0.400. The molecule has 2 amide bonds. The monoisotopic (exact) mass is 454 g/mol. The summed E-state index contributed by atoms with van der Waals surface area (Å²) in [5.74, 6) is -1.72. The molecule has 176 valence electrons. The van der Waals surface area contributed by atoms with Gasteiger partial charge >= 0.3 is 12.1 Å². The third-order valence-corrected chi connectivity index (χ3v) is 6.12. The SMILES string of the molecule is CCN(C(=O)C(CNC(=O)OCC1c2ccccc2-c2ccccc21)OC)C(C)(C)C(=O)O. The van der Waals surface area contributed by atoms with Gasteiger partial charge in [0.25, 0.3) is 5.91 Å². The van der Waals surface area contributed by atoms with Gasteiger partial charge in [-0.05, 0) is 43.0 Å². The maximum atomic E-state index is 12.9. The number of nitrogens with one attached hydrogen (secondary N) is 1. The average Bonchev–Trinajstić information content (AvgIpc) is 3.12. The van der Waals surface area contributed by atoms with Crippen LogP contribution in [0.15, 0.2) is 48.5 Å². The summed E-state index contributed by atoms with van der Waals surface area (Å²) in [5.41, 5.74) is 3.06. The van der Waals surface area contributed by atoms with Gasteiger partial charge in [-0.1, -0.05) is 48.5 Å². The lowest BCUT2D eigenvalue weighted by molar-refractivity contribution is -0.161. The van der Waals surface area contributed by atoms with Crippen LogP contribution < -0.4 is 5.32 Å². The Kier molecular flexibility index (Phi) is 7.38. The summed E-state index contributed by atoms with van der Waals surface area (Å²) in [6, 6.07) is 16.1. The molecule has 1 atom stereocenters. The maximum Gasteiger partial charge on any atom is 0.407 e. The molecule has 2 aromatic carbocycles. The minimum atomic E-state index is -1.41. The number of likely N-dealkylation sites (N-methyl/N-ethyl adjacent to an activating group) is 1. The largest absolute Gasteiger partial charge is 0.480 e. The number of fused-ring (bicyclic) bond motifs is 3. The summed E-state index contributed by atoms with van der Waals surface area (Å²) in [4.78, 5) is 38.0. The van der Waals surface area contributed by atoms with E-state index in [9.17, 15) is 19.5 Å². The van der Waals surface area contributed by atoms with E-state index in [1.807, 2.05) is 36.4 Å². The summed E-state index contributed by atoms with van der Waals surface area (Å²) < 4.78 is 10.7. The molecule has 0 aromatic heterocycles. The van der Waals surface area contributed by atoms with Crippen LogP contribution in [0.3, 0.4) is 0 Å². The van der Waals surface area contributed by atoms with Crippen molar-refractivity contribution in [3.05, 3.63) is 59.7 Å². The lowest BCUT2D eigenvalue weighted by Crippen LogP contribution is -2.57. The first-order valence-electron chi connectivity index (χ1n) is 10.9. The third-order valence-electron chi connectivity index (χ3n) is 6.12. The number of amides is 2. The highest BCUT2D eigenvalue weighted by atomic mass is 16.5. The van der Waals surface area contributed by atoms with Crippen LogP contribution in [-0.2, 0) is 19.1 Å². The summed E-state index contributed by atoms with van der Waals surface area (Å²) in [6.45, 7) is 4.78. The van der Waals surface area contributed by atoms with Gasteiger partial charge in [0.1, 0.15) is 12.1 Å². The van der Waals surface area contributed by atoms with Crippen LogP contribution in [0.25, 0.3) is 11.1 Å². The highest BCUT2D eigenvalue weighted by Gasteiger charge is 2.39. The topological polar surface area (TPSA) is 105 Å². The van der Waals surface area contributed by atoms with Crippen molar-refractivity contribution in [3.8, 4) is 11.1 Å². The van der Waals surface area contributed by atoms with Crippen molar-refractivity contribution in [3.63, 3.8) is 0 Å². The first kappa shape index (κ1) is 24.3. The molecule has 0 fully saturated rings.